The Morgan fingerprint density at radius 3 is 2.69 bits per heavy atom. The molecule has 1 amide bonds. The van der Waals surface area contributed by atoms with Gasteiger partial charge in [-0.05, 0) is 17.7 Å². The van der Waals surface area contributed by atoms with E-state index in [-0.39, 0.29) is 17.2 Å². The lowest BCUT2D eigenvalue weighted by molar-refractivity contribution is -0.113. The van der Waals surface area contributed by atoms with Crippen molar-refractivity contribution < 1.29 is 14.3 Å². The lowest BCUT2D eigenvalue weighted by atomic mass is 10.1. The Morgan fingerprint density at radius 1 is 1.12 bits per heavy atom. The standard InChI is InChI=1S/C21H19N5O4S2/c1-29-14-8-9-15(17(11-14)30-2)22-18(27)12-31-21-25-26-19(28)16(23-24-20(26)32-21)10-13-6-4-3-5-7-13/h3-9,11H,10,12H2,1-2H3,(H,22,27). The van der Waals surface area contributed by atoms with Crippen molar-refractivity contribution in [2.75, 3.05) is 25.3 Å². The minimum atomic E-state index is -0.311. The van der Waals surface area contributed by atoms with E-state index in [0.29, 0.717) is 38.6 Å². The van der Waals surface area contributed by atoms with Crippen LogP contribution in [0, 0.1) is 0 Å². The van der Waals surface area contributed by atoms with Crippen LogP contribution >= 0.6 is 23.1 Å². The fraction of sp³-hybridized carbons (Fsp3) is 0.190. The molecular formula is C21H19N5O4S2. The van der Waals surface area contributed by atoms with Crippen molar-refractivity contribution in [1.82, 2.24) is 19.8 Å². The van der Waals surface area contributed by atoms with E-state index >= 15 is 0 Å². The van der Waals surface area contributed by atoms with Gasteiger partial charge in [0.15, 0.2) is 4.34 Å². The average molecular weight is 470 g/mol. The second-order valence-corrected chi connectivity index (χ2v) is 8.76. The molecule has 0 aliphatic heterocycles. The number of ether oxygens (including phenoxy) is 2. The van der Waals surface area contributed by atoms with Gasteiger partial charge in [0.1, 0.15) is 17.2 Å². The van der Waals surface area contributed by atoms with Crippen LogP contribution in [-0.2, 0) is 11.2 Å². The molecule has 0 aliphatic carbocycles. The number of carbonyl (C=O) groups is 1. The van der Waals surface area contributed by atoms with Crippen molar-refractivity contribution in [1.29, 1.82) is 0 Å². The lowest BCUT2D eigenvalue weighted by Crippen LogP contribution is -2.22. The number of thioether (sulfide) groups is 1. The van der Waals surface area contributed by atoms with Gasteiger partial charge >= 0.3 is 0 Å². The van der Waals surface area contributed by atoms with Crippen molar-refractivity contribution in [3.05, 3.63) is 70.1 Å². The van der Waals surface area contributed by atoms with Crippen molar-refractivity contribution >= 4 is 39.7 Å². The Hall–Kier alpha value is -3.44. The van der Waals surface area contributed by atoms with Crippen LogP contribution < -0.4 is 20.3 Å². The average Bonchev–Trinajstić information content (AvgIpc) is 3.24. The van der Waals surface area contributed by atoms with Gasteiger partial charge in [-0.15, -0.1) is 15.3 Å². The van der Waals surface area contributed by atoms with Crippen LogP contribution in [0.5, 0.6) is 11.5 Å². The molecule has 0 spiro atoms. The SMILES string of the molecule is COc1ccc(NC(=O)CSc2nn3c(=O)c(Cc4ccccc4)nnc3s2)c(OC)c1. The van der Waals surface area contributed by atoms with E-state index in [1.54, 1.807) is 25.3 Å². The third-order valence-corrected chi connectivity index (χ3v) is 6.49. The molecule has 0 radical (unpaired) electrons. The molecule has 11 heteroatoms. The van der Waals surface area contributed by atoms with Gasteiger partial charge in [0.05, 0.1) is 25.7 Å². The van der Waals surface area contributed by atoms with Crippen LogP contribution in [0.4, 0.5) is 5.69 Å². The summed E-state index contributed by atoms with van der Waals surface area (Å²) in [7, 11) is 3.08. The van der Waals surface area contributed by atoms with E-state index < -0.39 is 0 Å². The van der Waals surface area contributed by atoms with Crippen LogP contribution in [0.1, 0.15) is 11.3 Å². The topological polar surface area (TPSA) is 108 Å². The number of carbonyl (C=O) groups excluding carboxylic acids is 1. The minimum Gasteiger partial charge on any atom is -0.497 e. The Balaban J connectivity index is 1.44. The molecule has 0 unspecified atom stereocenters. The van der Waals surface area contributed by atoms with E-state index in [1.165, 1.54) is 34.7 Å². The van der Waals surface area contributed by atoms with E-state index in [9.17, 15) is 9.59 Å². The number of amides is 1. The van der Waals surface area contributed by atoms with Crippen LogP contribution in [0.25, 0.3) is 4.96 Å². The molecule has 4 aromatic rings. The molecule has 0 saturated carbocycles. The summed E-state index contributed by atoms with van der Waals surface area (Å²) in [6, 6.07) is 14.7. The molecule has 2 heterocycles. The van der Waals surface area contributed by atoms with Crippen molar-refractivity contribution in [2.24, 2.45) is 0 Å². The molecule has 0 fully saturated rings. The summed E-state index contributed by atoms with van der Waals surface area (Å²) in [5, 5.41) is 15.3. The number of fused-ring (bicyclic) bond motifs is 1. The Morgan fingerprint density at radius 2 is 1.94 bits per heavy atom. The number of nitrogens with zero attached hydrogens (tertiary/aromatic N) is 4. The zero-order chi connectivity index (χ0) is 22.5. The predicted molar refractivity (Wildman–Crippen MR) is 123 cm³/mol. The Labute approximate surface area is 191 Å². The van der Waals surface area contributed by atoms with E-state index in [1.807, 2.05) is 30.3 Å². The zero-order valence-corrected chi connectivity index (χ0v) is 18.9. The smallest absolute Gasteiger partial charge is 0.297 e. The molecule has 2 aromatic carbocycles. The number of hydrogen-bond donors (Lipinski definition) is 1. The van der Waals surface area contributed by atoms with Gasteiger partial charge in [0.25, 0.3) is 5.56 Å². The minimum absolute atomic E-state index is 0.105. The number of rotatable bonds is 8. The number of aromatic nitrogens is 4. The summed E-state index contributed by atoms with van der Waals surface area (Å²) in [5.74, 6) is 0.992. The number of nitrogens with one attached hydrogen (secondary N) is 1. The first kappa shape index (κ1) is 21.8. The largest absolute Gasteiger partial charge is 0.497 e. The normalized spacial score (nSPS) is 10.8. The Kier molecular flexibility index (Phi) is 6.66. The first-order valence-electron chi connectivity index (χ1n) is 9.51. The quantitative estimate of drug-likeness (QED) is 0.393. The molecule has 0 bridgehead atoms. The van der Waals surface area contributed by atoms with Gasteiger partial charge in [0.2, 0.25) is 10.9 Å². The fourth-order valence-electron chi connectivity index (χ4n) is 2.90. The Bertz CT molecular complexity index is 1310. The second kappa shape index (κ2) is 9.79. The van der Waals surface area contributed by atoms with Crippen LogP contribution in [0.2, 0.25) is 0 Å². The van der Waals surface area contributed by atoms with Crippen molar-refractivity contribution in [3.63, 3.8) is 0 Å². The number of anilines is 1. The second-order valence-electron chi connectivity index (χ2n) is 6.58. The van der Waals surface area contributed by atoms with E-state index in [0.717, 1.165) is 5.56 Å². The molecule has 1 N–H and O–H groups in total. The summed E-state index contributed by atoms with van der Waals surface area (Å²) < 4.78 is 12.2. The summed E-state index contributed by atoms with van der Waals surface area (Å²) in [4.78, 5) is 25.5. The molecule has 2 aromatic heterocycles. The van der Waals surface area contributed by atoms with Crippen LogP contribution in [-0.4, -0.2) is 45.7 Å². The number of methoxy groups -OCH3 is 2. The molecule has 32 heavy (non-hydrogen) atoms. The highest BCUT2D eigenvalue weighted by molar-refractivity contribution is 8.01. The molecule has 164 valence electrons. The molecule has 4 rings (SSSR count). The highest BCUT2D eigenvalue weighted by atomic mass is 32.2. The molecular weight excluding hydrogens is 450 g/mol. The van der Waals surface area contributed by atoms with Gasteiger partial charge in [-0.2, -0.15) is 4.52 Å². The fourth-order valence-corrected chi connectivity index (χ4v) is 4.58. The van der Waals surface area contributed by atoms with Gasteiger partial charge < -0.3 is 14.8 Å². The third-order valence-electron chi connectivity index (χ3n) is 4.46. The lowest BCUT2D eigenvalue weighted by Gasteiger charge is -2.11. The van der Waals surface area contributed by atoms with Crippen LogP contribution in [0.3, 0.4) is 0 Å². The van der Waals surface area contributed by atoms with E-state index in [4.69, 9.17) is 9.47 Å². The van der Waals surface area contributed by atoms with Gasteiger partial charge in [-0.25, -0.2) is 0 Å². The summed E-state index contributed by atoms with van der Waals surface area (Å²) in [5.41, 5.74) is 1.51. The van der Waals surface area contributed by atoms with Gasteiger partial charge in [-0.1, -0.05) is 53.4 Å². The number of hydrogen-bond acceptors (Lipinski definition) is 9. The zero-order valence-electron chi connectivity index (χ0n) is 17.3. The van der Waals surface area contributed by atoms with Crippen LogP contribution in [0.15, 0.2) is 57.7 Å². The highest BCUT2D eigenvalue weighted by Crippen LogP contribution is 2.29. The highest BCUT2D eigenvalue weighted by Gasteiger charge is 2.15. The number of benzene rings is 2. The summed E-state index contributed by atoms with van der Waals surface area (Å²) in [6.45, 7) is 0. The maximum atomic E-state index is 12.7. The van der Waals surface area contributed by atoms with Crippen molar-refractivity contribution in [3.8, 4) is 11.5 Å². The predicted octanol–water partition coefficient (Wildman–Crippen LogP) is 2.88. The maximum Gasteiger partial charge on any atom is 0.297 e. The van der Waals surface area contributed by atoms with Gasteiger partial charge in [-0.3, -0.25) is 9.59 Å². The van der Waals surface area contributed by atoms with E-state index in [2.05, 4.69) is 20.6 Å². The van der Waals surface area contributed by atoms with Crippen molar-refractivity contribution in [2.45, 2.75) is 10.8 Å². The molecule has 0 saturated heterocycles. The summed E-state index contributed by atoms with van der Waals surface area (Å²) >= 11 is 2.42. The van der Waals surface area contributed by atoms with Gasteiger partial charge in [0, 0.05) is 12.5 Å². The first-order valence-corrected chi connectivity index (χ1v) is 11.3. The first-order chi connectivity index (χ1) is 15.6. The molecule has 0 aliphatic rings. The maximum absolute atomic E-state index is 12.7. The molecule has 0 atom stereocenters. The monoisotopic (exact) mass is 469 g/mol. The summed E-state index contributed by atoms with van der Waals surface area (Å²) in [6.07, 6.45) is 0.377. The molecule has 9 nitrogen and oxygen atoms in total. The third kappa shape index (κ3) is 4.89.